The van der Waals surface area contributed by atoms with E-state index in [2.05, 4.69) is 61.1 Å². The van der Waals surface area contributed by atoms with E-state index in [1.165, 1.54) is 56.9 Å². The molecule has 0 heterocycles. The van der Waals surface area contributed by atoms with Crippen LogP contribution in [0.1, 0.15) is 113 Å². The van der Waals surface area contributed by atoms with Crippen molar-refractivity contribution < 1.29 is 9.53 Å². The first kappa shape index (κ1) is 26.0. The highest BCUT2D eigenvalue weighted by atomic mass is 16.5. The average molecular weight is 469 g/mol. The Morgan fingerprint density at radius 2 is 1.79 bits per heavy atom. The van der Waals surface area contributed by atoms with Crippen LogP contribution in [0.4, 0.5) is 0 Å². The smallest absolute Gasteiger partial charge is 0.302 e. The predicted molar refractivity (Wildman–Crippen MR) is 142 cm³/mol. The molecular weight excluding hydrogens is 416 g/mol. The van der Waals surface area contributed by atoms with Crippen LogP contribution < -0.4 is 0 Å². The molecule has 0 aromatic carbocycles. The van der Waals surface area contributed by atoms with E-state index in [4.69, 9.17) is 4.74 Å². The summed E-state index contributed by atoms with van der Waals surface area (Å²) in [6, 6.07) is 0. The zero-order valence-corrected chi connectivity index (χ0v) is 23.5. The Kier molecular flexibility index (Phi) is 6.98. The Balaban J connectivity index is 1.56. The van der Waals surface area contributed by atoms with Crippen LogP contribution in [0, 0.1) is 51.8 Å². The van der Waals surface area contributed by atoms with Gasteiger partial charge in [-0.1, -0.05) is 65.3 Å². The monoisotopic (exact) mass is 468 g/mol. The molecule has 0 aromatic heterocycles. The Labute approximate surface area is 210 Å². The minimum absolute atomic E-state index is 0.105. The van der Waals surface area contributed by atoms with Crippen molar-refractivity contribution in [2.75, 3.05) is 0 Å². The highest BCUT2D eigenvalue weighted by molar-refractivity contribution is 5.66. The average Bonchev–Trinajstić information content (AvgIpc) is 3.05. The summed E-state index contributed by atoms with van der Waals surface area (Å²) >= 11 is 0. The van der Waals surface area contributed by atoms with Gasteiger partial charge in [-0.15, -0.1) is 0 Å². The first-order chi connectivity index (χ1) is 15.8. The SMILES string of the molecule is C=C(C)C(C)CCC(C)C1CCC2(C)C3=CCC4C(C)C(OC(C)=O)CCC4(C)C3CCC12C. The van der Waals surface area contributed by atoms with E-state index >= 15 is 0 Å². The molecule has 2 nitrogen and oxygen atoms in total. The van der Waals surface area contributed by atoms with Crippen LogP contribution in [-0.2, 0) is 9.53 Å². The third kappa shape index (κ3) is 3.94. The van der Waals surface area contributed by atoms with Gasteiger partial charge in [0.25, 0.3) is 0 Å². The standard InChI is InChI=1S/C32H52O2/c1-20(2)21(3)10-11-22(4)25-14-18-32(9)28-13-12-26-23(5)29(34-24(6)33)16-17-30(26,7)27(28)15-19-31(25,32)8/h13,21-23,25-27,29H,1,10-12,14-19H2,2-9H3. The van der Waals surface area contributed by atoms with Gasteiger partial charge < -0.3 is 4.74 Å². The number of carbonyl (C=O) groups excluding carboxylic acids is 1. The molecule has 0 N–H and O–H groups in total. The molecule has 192 valence electrons. The maximum absolute atomic E-state index is 11.7. The molecule has 0 aliphatic heterocycles. The van der Waals surface area contributed by atoms with Gasteiger partial charge in [-0.2, -0.15) is 0 Å². The molecular formula is C32H52O2. The van der Waals surface area contributed by atoms with E-state index in [-0.39, 0.29) is 12.1 Å². The van der Waals surface area contributed by atoms with Crippen molar-refractivity contribution in [3.8, 4) is 0 Å². The van der Waals surface area contributed by atoms with Gasteiger partial charge >= 0.3 is 5.97 Å². The minimum Gasteiger partial charge on any atom is -0.462 e. The molecule has 4 rings (SSSR count). The Morgan fingerprint density at radius 3 is 2.44 bits per heavy atom. The summed E-state index contributed by atoms with van der Waals surface area (Å²) in [5.74, 6) is 3.94. The van der Waals surface area contributed by atoms with Gasteiger partial charge in [0, 0.05) is 6.92 Å². The number of hydrogen-bond donors (Lipinski definition) is 0. The molecule has 0 bridgehead atoms. The van der Waals surface area contributed by atoms with E-state index in [0.29, 0.717) is 39.9 Å². The summed E-state index contributed by atoms with van der Waals surface area (Å²) in [6.07, 6.45) is 14.3. The third-order valence-corrected chi connectivity index (χ3v) is 12.3. The zero-order valence-electron chi connectivity index (χ0n) is 23.5. The Hall–Kier alpha value is -1.05. The molecule has 10 unspecified atom stereocenters. The lowest BCUT2D eigenvalue weighted by molar-refractivity contribution is -0.159. The summed E-state index contributed by atoms with van der Waals surface area (Å²) < 4.78 is 5.77. The van der Waals surface area contributed by atoms with Crippen LogP contribution in [0.2, 0.25) is 0 Å². The largest absolute Gasteiger partial charge is 0.462 e. The molecule has 0 aromatic rings. The maximum Gasteiger partial charge on any atom is 0.302 e. The van der Waals surface area contributed by atoms with Crippen LogP contribution in [0.3, 0.4) is 0 Å². The molecule has 4 aliphatic carbocycles. The quantitative estimate of drug-likeness (QED) is 0.288. The summed E-state index contributed by atoms with van der Waals surface area (Å²) in [6.45, 7) is 23.1. The lowest BCUT2D eigenvalue weighted by atomic mass is 9.42. The van der Waals surface area contributed by atoms with Crippen molar-refractivity contribution in [3.05, 3.63) is 23.8 Å². The second kappa shape index (κ2) is 9.11. The van der Waals surface area contributed by atoms with Crippen LogP contribution in [0.25, 0.3) is 0 Å². The number of esters is 1. The molecule has 10 atom stereocenters. The zero-order chi connectivity index (χ0) is 25.1. The fourth-order valence-electron chi connectivity index (χ4n) is 9.61. The Bertz CT molecular complexity index is 840. The number of ether oxygens (including phenoxy) is 1. The third-order valence-electron chi connectivity index (χ3n) is 12.3. The summed E-state index contributed by atoms with van der Waals surface area (Å²) in [5.41, 5.74) is 4.28. The lowest BCUT2D eigenvalue weighted by Gasteiger charge is -2.62. The molecule has 2 heteroatoms. The normalized spacial score (nSPS) is 45.3. The molecule has 0 amide bonds. The number of hydrogen-bond acceptors (Lipinski definition) is 2. The van der Waals surface area contributed by atoms with Crippen molar-refractivity contribution in [3.63, 3.8) is 0 Å². The first-order valence-electron chi connectivity index (χ1n) is 14.4. The highest BCUT2D eigenvalue weighted by Crippen LogP contribution is 2.72. The van der Waals surface area contributed by atoms with Crippen molar-refractivity contribution in [2.45, 2.75) is 119 Å². The number of rotatable bonds is 6. The molecule has 3 saturated carbocycles. The van der Waals surface area contributed by atoms with Gasteiger partial charge in [0.05, 0.1) is 0 Å². The number of allylic oxidation sites excluding steroid dienone is 3. The predicted octanol–water partition coefficient (Wildman–Crippen LogP) is 8.76. The second-order valence-corrected chi connectivity index (χ2v) is 13.8. The molecule has 0 saturated heterocycles. The van der Waals surface area contributed by atoms with Crippen LogP contribution in [-0.4, -0.2) is 12.1 Å². The maximum atomic E-state index is 11.7. The molecule has 0 spiro atoms. The van der Waals surface area contributed by atoms with E-state index in [0.717, 1.165) is 18.3 Å². The lowest BCUT2D eigenvalue weighted by Crippen LogP contribution is -2.55. The van der Waals surface area contributed by atoms with Crippen LogP contribution >= 0.6 is 0 Å². The fraction of sp³-hybridized carbons (Fsp3) is 0.844. The van der Waals surface area contributed by atoms with Crippen LogP contribution in [0.5, 0.6) is 0 Å². The second-order valence-electron chi connectivity index (χ2n) is 13.8. The van der Waals surface area contributed by atoms with Gasteiger partial charge in [0.15, 0.2) is 0 Å². The van der Waals surface area contributed by atoms with E-state index in [1.807, 2.05) is 5.57 Å². The Morgan fingerprint density at radius 1 is 1.09 bits per heavy atom. The number of carbonyl (C=O) groups is 1. The van der Waals surface area contributed by atoms with Crippen molar-refractivity contribution >= 4 is 5.97 Å². The van der Waals surface area contributed by atoms with Gasteiger partial charge in [-0.3, -0.25) is 4.79 Å². The minimum atomic E-state index is -0.114. The molecule has 34 heavy (non-hydrogen) atoms. The van der Waals surface area contributed by atoms with E-state index in [9.17, 15) is 4.79 Å². The highest BCUT2D eigenvalue weighted by Gasteiger charge is 2.64. The van der Waals surface area contributed by atoms with Crippen LogP contribution in [0.15, 0.2) is 23.8 Å². The number of fused-ring (bicyclic) bond motifs is 5. The van der Waals surface area contributed by atoms with Gasteiger partial charge in [-0.05, 0) is 116 Å². The molecule has 0 radical (unpaired) electrons. The topological polar surface area (TPSA) is 26.3 Å². The van der Waals surface area contributed by atoms with E-state index < -0.39 is 0 Å². The van der Waals surface area contributed by atoms with Gasteiger partial charge in [0.1, 0.15) is 6.10 Å². The van der Waals surface area contributed by atoms with E-state index in [1.54, 1.807) is 6.92 Å². The van der Waals surface area contributed by atoms with Gasteiger partial charge in [-0.25, -0.2) is 0 Å². The van der Waals surface area contributed by atoms with Gasteiger partial charge in [0.2, 0.25) is 0 Å². The molecule has 3 fully saturated rings. The summed E-state index contributed by atoms with van der Waals surface area (Å²) in [7, 11) is 0. The summed E-state index contributed by atoms with van der Waals surface area (Å²) in [4.78, 5) is 11.7. The van der Waals surface area contributed by atoms with Crippen molar-refractivity contribution in [1.29, 1.82) is 0 Å². The van der Waals surface area contributed by atoms with Crippen molar-refractivity contribution in [1.82, 2.24) is 0 Å². The summed E-state index contributed by atoms with van der Waals surface area (Å²) in [5, 5.41) is 0. The van der Waals surface area contributed by atoms with Crippen molar-refractivity contribution in [2.24, 2.45) is 51.8 Å². The first-order valence-corrected chi connectivity index (χ1v) is 14.4. The fourth-order valence-corrected chi connectivity index (χ4v) is 9.61. The molecule has 4 aliphatic rings.